The molecule has 2 aromatic rings. The molecule has 0 heterocycles. The van der Waals surface area contributed by atoms with Crippen molar-refractivity contribution in [2.24, 2.45) is 0 Å². The van der Waals surface area contributed by atoms with Gasteiger partial charge in [0.1, 0.15) is 11.8 Å². The molecule has 0 aromatic heterocycles. The minimum Gasteiger partial charge on any atom is -0.497 e. The number of carbonyl (C=O) groups excluding carboxylic acids is 1. The van der Waals surface area contributed by atoms with Gasteiger partial charge in [-0.25, -0.2) is 13.1 Å². The number of rotatable bonds is 8. The summed E-state index contributed by atoms with van der Waals surface area (Å²) in [7, 11) is -2.54. The highest BCUT2D eigenvalue weighted by atomic mass is 35.5. The molecule has 0 saturated carbocycles. The number of ether oxygens (including phenoxy) is 2. The van der Waals surface area contributed by atoms with E-state index >= 15 is 0 Å². The SMILES string of the molecule is CCOC(=O)C[C@H](NS(=O)(=O)c1ccc(C#N)c(Cl)c1)c1cccc(OC)c1. The number of nitrogens with one attached hydrogen (secondary N) is 1. The molecule has 0 fully saturated rings. The molecule has 0 aliphatic heterocycles. The first-order valence-corrected chi connectivity index (χ1v) is 10.2. The molecule has 0 bridgehead atoms. The molecule has 1 N–H and O–H groups in total. The second-order valence-electron chi connectivity index (χ2n) is 5.71. The standard InChI is InChI=1S/C19H19ClN2O5S/c1-3-27-19(23)11-18(13-5-4-6-15(9-13)26-2)22-28(24,25)16-8-7-14(12-21)17(20)10-16/h4-10,18,22H,3,11H2,1-2H3/t18-/m0/s1. The van der Waals surface area contributed by atoms with Crippen LogP contribution in [-0.2, 0) is 19.6 Å². The van der Waals surface area contributed by atoms with Crippen molar-refractivity contribution in [3.8, 4) is 11.8 Å². The molecule has 28 heavy (non-hydrogen) atoms. The second kappa shape index (κ2) is 9.55. The molecule has 7 nitrogen and oxygen atoms in total. The Morgan fingerprint density at radius 2 is 2.04 bits per heavy atom. The molecule has 0 saturated heterocycles. The average molecular weight is 423 g/mol. The van der Waals surface area contributed by atoms with Crippen molar-refractivity contribution >= 4 is 27.6 Å². The van der Waals surface area contributed by atoms with Crippen molar-refractivity contribution in [3.05, 3.63) is 58.6 Å². The van der Waals surface area contributed by atoms with Gasteiger partial charge in [0.15, 0.2) is 0 Å². The van der Waals surface area contributed by atoms with Crippen LogP contribution < -0.4 is 9.46 Å². The number of hydrogen-bond donors (Lipinski definition) is 1. The van der Waals surface area contributed by atoms with Crippen LogP contribution in [0.25, 0.3) is 0 Å². The number of sulfonamides is 1. The number of nitrogens with zero attached hydrogens (tertiary/aromatic N) is 1. The van der Waals surface area contributed by atoms with Gasteiger partial charge >= 0.3 is 5.97 Å². The van der Waals surface area contributed by atoms with Gasteiger partial charge in [-0.2, -0.15) is 5.26 Å². The third kappa shape index (κ3) is 5.45. The molecular formula is C19H19ClN2O5S. The van der Waals surface area contributed by atoms with Crippen LogP contribution >= 0.6 is 11.6 Å². The maximum atomic E-state index is 12.8. The lowest BCUT2D eigenvalue weighted by Gasteiger charge is -2.19. The summed E-state index contributed by atoms with van der Waals surface area (Å²) < 4.78 is 38.3. The number of esters is 1. The first-order chi connectivity index (χ1) is 13.3. The molecule has 148 valence electrons. The molecule has 1 atom stereocenters. The molecule has 9 heteroatoms. The highest BCUT2D eigenvalue weighted by molar-refractivity contribution is 7.89. The summed E-state index contributed by atoms with van der Waals surface area (Å²) in [6.45, 7) is 1.85. The molecule has 0 amide bonds. The summed E-state index contributed by atoms with van der Waals surface area (Å²) >= 11 is 5.95. The van der Waals surface area contributed by atoms with Gasteiger partial charge in [0.05, 0.1) is 41.7 Å². The lowest BCUT2D eigenvalue weighted by Crippen LogP contribution is -2.30. The predicted octanol–water partition coefficient (Wildman–Crippen LogP) is 3.19. The highest BCUT2D eigenvalue weighted by Gasteiger charge is 2.25. The van der Waals surface area contributed by atoms with E-state index in [0.717, 1.165) is 0 Å². The maximum absolute atomic E-state index is 12.8. The Labute approximate surface area is 168 Å². The summed E-state index contributed by atoms with van der Waals surface area (Å²) in [5.74, 6) is -0.0251. The Balaban J connectivity index is 2.38. The largest absolute Gasteiger partial charge is 0.497 e. The molecule has 0 aliphatic carbocycles. The zero-order chi connectivity index (χ0) is 20.7. The Hall–Kier alpha value is -2.60. The van der Waals surface area contributed by atoms with Crippen LogP contribution in [0.2, 0.25) is 5.02 Å². The Bertz CT molecular complexity index is 1000. The fraction of sp³-hybridized carbons (Fsp3) is 0.263. The molecule has 2 rings (SSSR count). The fourth-order valence-electron chi connectivity index (χ4n) is 2.48. The van der Waals surface area contributed by atoms with Crippen LogP contribution in [0.1, 0.15) is 30.5 Å². The normalized spacial score (nSPS) is 12.1. The lowest BCUT2D eigenvalue weighted by molar-refractivity contribution is -0.143. The minimum absolute atomic E-state index is 0.0219. The number of halogens is 1. The summed E-state index contributed by atoms with van der Waals surface area (Å²) in [5, 5.41) is 8.96. The molecule has 2 aromatic carbocycles. The Kier molecular flexibility index (Phi) is 7.40. The Morgan fingerprint density at radius 1 is 1.29 bits per heavy atom. The fourth-order valence-corrected chi connectivity index (χ4v) is 4.02. The topological polar surface area (TPSA) is 105 Å². The first-order valence-electron chi connectivity index (χ1n) is 8.32. The highest BCUT2D eigenvalue weighted by Crippen LogP contribution is 2.26. The number of carbonyl (C=O) groups is 1. The van der Waals surface area contributed by atoms with E-state index in [0.29, 0.717) is 11.3 Å². The average Bonchev–Trinajstić information content (AvgIpc) is 2.67. The van der Waals surface area contributed by atoms with Crippen molar-refractivity contribution in [2.45, 2.75) is 24.3 Å². The molecule has 0 unspecified atom stereocenters. The Morgan fingerprint density at radius 3 is 2.64 bits per heavy atom. The third-order valence-electron chi connectivity index (χ3n) is 3.84. The van der Waals surface area contributed by atoms with Crippen molar-refractivity contribution in [1.82, 2.24) is 4.72 Å². The van der Waals surface area contributed by atoms with E-state index in [1.165, 1.54) is 25.3 Å². The number of benzene rings is 2. The van der Waals surface area contributed by atoms with Crippen LogP contribution in [0.5, 0.6) is 5.75 Å². The van der Waals surface area contributed by atoms with Crippen molar-refractivity contribution in [1.29, 1.82) is 5.26 Å². The summed E-state index contributed by atoms with van der Waals surface area (Å²) in [6, 6.07) is 11.5. The van der Waals surface area contributed by atoms with Gasteiger partial charge in [-0.1, -0.05) is 23.7 Å². The second-order valence-corrected chi connectivity index (χ2v) is 7.83. The maximum Gasteiger partial charge on any atom is 0.307 e. The van der Waals surface area contributed by atoms with Gasteiger partial charge in [0, 0.05) is 0 Å². The van der Waals surface area contributed by atoms with Gasteiger partial charge in [-0.3, -0.25) is 4.79 Å². The van der Waals surface area contributed by atoms with Crippen molar-refractivity contribution < 1.29 is 22.7 Å². The van der Waals surface area contributed by atoms with Crippen molar-refractivity contribution in [3.63, 3.8) is 0 Å². The number of methoxy groups -OCH3 is 1. The third-order valence-corrected chi connectivity index (χ3v) is 5.62. The number of nitriles is 1. The molecule has 0 spiro atoms. The van der Waals surface area contributed by atoms with Crippen LogP contribution in [0, 0.1) is 11.3 Å². The summed E-state index contributed by atoms with van der Waals surface area (Å²) in [6.07, 6.45) is -0.204. The zero-order valence-corrected chi connectivity index (χ0v) is 16.9. The molecular weight excluding hydrogens is 404 g/mol. The van der Waals surface area contributed by atoms with Crippen LogP contribution in [0.4, 0.5) is 0 Å². The zero-order valence-electron chi connectivity index (χ0n) is 15.3. The minimum atomic E-state index is -4.03. The van der Waals surface area contributed by atoms with Gasteiger partial charge in [0.25, 0.3) is 0 Å². The summed E-state index contributed by atoms with van der Waals surface area (Å²) in [4.78, 5) is 11.9. The number of hydrogen-bond acceptors (Lipinski definition) is 6. The van der Waals surface area contributed by atoms with Crippen LogP contribution in [0.3, 0.4) is 0 Å². The smallest absolute Gasteiger partial charge is 0.307 e. The van der Waals surface area contributed by atoms with E-state index in [1.807, 2.05) is 6.07 Å². The monoisotopic (exact) mass is 422 g/mol. The van der Waals surface area contributed by atoms with Crippen LogP contribution in [0.15, 0.2) is 47.4 Å². The quantitative estimate of drug-likeness (QED) is 0.655. The van der Waals surface area contributed by atoms with Gasteiger partial charge < -0.3 is 9.47 Å². The van der Waals surface area contributed by atoms with E-state index in [4.69, 9.17) is 26.3 Å². The summed E-state index contributed by atoms with van der Waals surface area (Å²) in [5.41, 5.74) is 0.701. The predicted molar refractivity (Wildman–Crippen MR) is 103 cm³/mol. The van der Waals surface area contributed by atoms with E-state index in [-0.39, 0.29) is 28.5 Å². The van der Waals surface area contributed by atoms with E-state index in [9.17, 15) is 13.2 Å². The van der Waals surface area contributed by atoms with Crippen LogP contribution in [-0.4, -0.2) is 28.1 Å². The molecule has 0 aliphatic rings. The van der Waals surface area contributed by atoms with E-state index < -0.39 is 22.0 Å². The van der Waals surface area contributed by atoms with Gasteiger partial charge in [-0.05, 0) is 42.8 Å². The first kappa shape index (κ1) is 21.7. The van der Waals surface area contributed by atoms with Crippen molar-refractivity contribution in [2.75, 3.05) is 13.7 Å². The van der Waals surface area contributed by atoms with E-state index in [2.05, 4.69) is 4.72 Å². The van der Waals surface area contributed by atoms with E-state index in [1.54, 1.807) is 31.2 Å². The lowest BCUT2D eigenvalue weighted by atomic mass is 10.0. The van der Waals surface area contributed by atoms with Gasteiger partial charge in [-0.15, -0.1) is 0 Å². The molecule has 0 radical (unpaired) electrons. The van der Waals surface area contributed by atoms with Gasteiger partial charge in [0.2, 0.25) is 10.0 Å².